The lowest BCUT2D eigenvalue weighted by Gasteiger charge is -2.25. The highest BCUT2D eigenvalue weighted by Gasteiger charge is 2.33. The van der Waals surface area contributed by atoms with E-state index < -0.39 is 23.0 Å². The first kappa shape index (κ1) is 20.6. The van der Waals surface area contributed by atoms with E-state index in [0.29, 0.717) is 5.56 Å². The smallest absolute Gasteiger partial charge is 0.330 e. The molecule has 0 saturated carbocycles. The fourth-order valence-corrected chi connectivity index (χ4v) is 2.38. The lowest BCUT2D eigenvalue weighted by atomic mass is 9.93. The second-order valence-electron chi connectivity index (χ2n) is 6.48. The van der Waals surface area contributed by atoms with Crippen LogP contribution in [-0.4, -0.2) is 48.5 Å². The Kier molecular flexibility index (Phi) is 5.78. The second kappa shape index (κ2) is 7.87. The van der Waals surface area contributed by atoms with Crippen molar-refractivity contribution in [1.29, 1.82) is 0 Å². The van der Waals surface area contributed by atoms with Gasteiger partial charge in [-0.05, 0) is 49.7 Å². The van der Waals surface area contributed by atoms with Crippen LogP contribution < -0.4 is 5.43 Å². The molecule has 28 heavy (non-hydrogen) atoms. The molecule has 0 aliphatic rings. The molecule has 2 aromatic rings. The highest BCUT2D eigenvalue weighted by Crippen LogP contribution is 2.27. The van der Waals surface area contributed by atoms with E-state index in [2.05, 4.69) is 10.5 Å². The highest BCUT2D eigenvalue weighted by atomic mass is 16.4. The average molecular weight is 388 g/mol. The van der Waals surface area contributed by atoms with Crippen molar-refractivity contribution in [2.75, 3.05) is 0 Å². The molecule has 0 fully saturated rings. The minimum Gasteiger partial charge on any atom is -0.504 e. The number of rotatable bonds is 7. The van der Waals surface area contributed by atoms with Crippen LogP contribution in [0.25, 0.3) is 0 Å². The number of hydrazone groups is 1. The molecule has 0 aliphatic heterocycles. The Balaban J connectivity index is 2.22. The summed E-state index contributed by atoms with van der Waals surface area (Å²) in [4.78, 5) is 24.1. The third-order valence-corrected chi connectivity index (χ3v) is 4.11. The molecule has 0 saturated heterocycles. The number of carbonyl (C=O) groups excluding carboxylic acids is 1. The van der Waals surface area contributed by atoms with Crippen molar-refractivity contribution in [1.82, 2.24) is 5.43 Å². The van der Waals surface area contributed by atoms with E-state index in [0.717, 1.165) is 12.1 Å². The number of carboxylic acids is 1. The van der Waals surface area contributed by atoms with Crippen LogP contribution >= 0.6 is 0 Å². The normalized spacial score (nSPS) is 13.6. The Bertz CT molecular complexity index is 955. The molecular formula is C19H20N2O7. The van der Waals surface area contributed by atoms with Gasteiger partial charge in [-0.3, -0.25) is 10.2 Å². The summed E-state index contributed by atoms with van der Waals surface area (Å²) in [5.74, 6) is -3.37. The number of phenolic OH excluding ortho intramolecular Hbond substituents is 4. The van der Waals surface area contributed by atoms with Gasteiger partial charge in [0.2, 0.25) is 5.78 Å². The van der Waals surface area contributed by atoms with Crippen LogP contribution in [0.15, 0.2) is 41.5 Å². The molecule has 0 bridgehead atoms. The van der Waals surface area contributed by atoms with Gasteiger partial charge in [-0.25, -0.2) is 4.79 Å². The molecule has 6 N–H and O–H groups in total. The number of nitrogens with zero attached hydrogens (tertiary/aromatic N) is 1. The number of carboxylic acid groups (broad SMARTS) is 1. The molecule has 0 radical (unpaired) electrons. The van der Waals surface area contributed by atoms with Crippen molar-refractivity contribution in [3.63, 3.8) is 0 Å². The largest absolute Gasteiger partial charge is 0.504 e. The molecule has 0 unspecified atom stereocenters. The van der Waals surface area contributed by atoms with Gasteiger partial charge in [0.1, 0.15) is 5.71 Å². The van der Waals surface area contributed by atoms with Crippen molar-refractivity contribution in [3.8, 4) is 23.0 Å². The third-order valence-electron chi connectivity index (χ3n) is 4.11. The van der Waals surface area contributed by atoms with Crippen LogP contribution in [0.1, 0.15) is 29.8 Å². The number of ketones is 1. The van der Waals surface area contributed by atoms with Gasteiger partial charge in [0.15, 0.2) is 28.5 Å². The Labute approximate surface area is 160 Å². The molecule has 2 aromatic carbocycles. The molecular weight excluding hydrogens is 368 g/mol. The summed E-state index contributed by atoms with van der Waals surface area (Å²) in [5, 5.41) is 51.2. The Morgan fingerprint density at radius 1 is 0.964 bits per heavy atom. The molecule has 0 amide bonds. The summed E-state index contributed by atoms with van der Waals surface area (Å²) in [6, 6.07) is 7.46. The fraction of sp³-hybridized carbons (Fsp3) is 0.211. The molecule has 0 aliphatic carbocycles. The Morgan fingerprint density at radius 3 is 2.07 bits per heavy atom. The molecule has 2 rings (SSSR count). The lowest BCUT2D eigenvalue weighted by molar-refractivity contribution is -0.144. The SMILES string of the molecule is C/C(=N/N[C@@](C)(Cc1ccc(O)c(O)c1)C(=O)O)C(=O)c1ccc(O)c(O)c1. The molecule has 1 atom stereocenters. The second-order valence-corrected chi connectivity index (χ2v) is 6.48. The van der Waals surface area contributed by atoms with Crippen molar-refractivity contribution in [2.24, 2.45) is 5.10 Å². The lowest BCUT2D eigenvalue weighted by Crippen LogP contribution is -2.49. The van der Waals surface area contributed by atoms with Gasteiger partial charge < -0.3 is 25.5 Å². The van der Waals surface area contributed by atoms with E-state index >= 15 is 0 Å². The molecule has 148 valence electrons. The van der Waals surface area contributed by atoms with E-state index in [-0.39, 0.29) is 34.9 Å². The Hall–Kier alpha value is -3.75. The number of carbonyl (C=O) groups is 2. The maximum Gasteiger partial charge on any atom is 0.330 e. The van der Waals surface area contributed by atoms with Crippen molar-refractivity contribution in [3.05, 3.63) is 47.5 Å². The van der Waals surface area contributed by atoms with Crippen LogP contribution in [0.2, 0.25) is 0 Å². The summed E-state index contributed by atoms with van der Waals surface area (Å²) in [7, 11) is 0. The van der Waals surface area contributed by atoms with Gasteiger partial charge in [-0.2, -0.15) is 5.10 Å². The maximum absolute atomic E-state index is 12.4. The molecule has 9 heteroatoms. The van der Waals surface area contributed by atoms with E-state index in [9.17, 15) is 35.1 Å². The average Bonchev–Trinajstić information content (AvgIpc) is 2.64. The van der Waals surface area contributed by atoms with Gasteiger partial charge in [-0.1, -0.05) is 6.07 Å². The summed E-state index contributed by atoms with van der Waals surface area (Å²) < 4.78 is 0. The van der Waals surface area contributed by atoms with Crippen LogP contribution in [0.3, 0.4) is 0 Å². The monoisotopic (exact) mass is 388 g/mol. The first-order chi connectivity index (χ1) is 13.0. The first-order valence-corrected chi connectivity index (χ1v) is 8.16. The van der Waals surface area contributed by atoms with Gasteiger partial charge in [0.25, 0.3) is 0 Å². The van der Waals surface area contributed by atoms with Gasteiger partial charge >= 0.3 is 5.97 Å². The summed E-state index contributed by atoms with van der Waals surface area (Å²) in [6.07, 6.45) is -0.0961. The van der Waals surface area contributed by atoms with E-state index in [1.165, 1.54) is 38.1 Å². The minimum atomic E-state index is -1.61. The minimum absolute atomic E-state index is 0.0638. The molecule has 0 heterocycles. The van der Waals surface area contributed by atoms with Crippen LogP contribution in [-0.2, 0) is 11.2 Å². The number of aliphatic carboxylic acids is 1. The topological polar surface area (TPSA) is 160 Å². The van der Waals surface area contributed by atoms with Crippen LogP contribution in [0.4, 0.5) is 0 Å². The van der Waals surface area contributed by atoms with Gasteiger partial charge in [0.05, 0.1) is 0 Å². The van der Waals surface area contributed by atoms with Crippen molar-refractivity contribution < 1.29 is 35.1 Å². The maximum atomic E-state index is 12.4. The summed E-state index contributed by atoms with van der Waals surface area (Å²) in [5.41, 5.74) is 1.29. The molecule has 9 nitrogen and oxygen atoms in total. The zero-order valence-corrected chi connectivity index (χ0v) is 15.2. The first-order valence-electron chi connectivity index (χ1n) is 8.16. The summed E-state index contributed by atoms with van der Waals surface area (Å²) >= 11 is 0. The number of benzene rings is 2. The van der Waals surface area contributed by atoms with Gasteiger partial charge in [0, 0.05) is 12.0 Å². The quantitative estimate of drug-likeness (QED) is 0.181. The number of phenols is 4. The van der Waals surface area contributed by atoms with E-state index in [4.69, 9.17) is 0 Å². The zero-order chi connectivity index (χ0) is 21.1. The standard InChI is InChI=1S/C19H20N2O7/c1-10(17(26)12-4-6-14(23)16(25)8-12)20-21-19(2,18(27)28)9-11-3-5-13(22)15(24)7-11/h3-8,21-25H,9H2,1-2H3,(H,27,28)/b20-10-/t19-/m0/s1. The highest BCUT2D eigenvalue weighted by molar-refractivity contribution is 6.45. The molecule has 0 aromatic heterocycles. The number of Topliss-reactive ketones (excluding diaryl/α,β-unsaturated/α-hetero) is 1. The predicted molar refractivity (Wildman–Crippen MR) is 99.9 cm³/mol. The Morgan fingerprint density at radius 2 is 1.54 bits per heavy atom. The van der Waals surface area contributed by atoms with E-state index in [1.807, 2.05) is 0 Å². The fourth-order valence-electron chi connectivity index (χ4n) is 2.38. The molecule has 0 spiro atoms. The van der Waals surface area contributed by atoms with E-state index in [1.54, 1.807) is 0 Å². The van der Waals surface area contributed by atoms with Crippen molar-refractivity contribution in [2.45, 2.75) is 25.8 Å². The van der Waals surface area contributed by atoms with Crippen LogP contribution in [0, 0.1) is 0 Å². The van der Waals surface area contributed by atoms with Crippen LogP contribution in [0.5, 0.6) is 23.0 Å². The zero-order valence-electron chi connectivity index (χ0n) is 15.2. The number of nitrogens with one attached hydrogen (secondary N) is 1. The predicted octanol–water partition coefficient (Wildman–Crippen LogP) is 1.74. The van der Waals surface area contributed by atoms with Gasteiger partial charge in [-0.15, -0.1) is 0 Å². The van der Waals surface area contributed by atoms with Crippen molar-refractivity contribution >= 4 is 17.5 Å². The number of hydrogen-bond acceptors (Lipinski definition) is 8. The third kappa shape index (κ3) is 4.50. The number of aromatic hydroxyl groups is 4. The summed E-state index contributed by atoms with van der Waals surface area (Å²) in [6.45, 7) is 2.72. The number of hydrogen-bond donors (Lipinski definition) is 6.